The third-order valence-electron chi connectivity index (χ3n) is 2.83. The lowest BCUT2D eigenvalue weighted by atomic mass is 10.3. The first kappa shape index (κ1) is 15.7. The van der Waals surface area contributed by atoms with Gasteiger partial charge in [-0.2, -0.15) is 11.8 Å². The van der Waals surface area contributed by atoms with Crippen molar-refractivity contribution < 1.29 is 19.1 Å². The van der Waals surface area contributed by atoms with Crippen LogP contribution >= 0.6 is 11.8 Å². The monoisotopic (exact) mass is 250 g/mol. The normalized spacial score (nSPS) is 18.4. The van der Waals surface area contributed by atoms with Crippen LogP contribution in [0.4, 0.5) is 0 Å². The molecule has 0 aliphatic carbocycles. The van der Waals surface area contributed by atoms with Gasteiger partial charge in [-0.3, -0.25) is 4.79 Å². The lowest BCUT2D eigenvalue weighted by Gasteiger charge is -2.36. The van der Waals surface area contributed by atoms with Crippen LogP contribution in [-0.4, -0.2) is 67.5 Å². The Labute approximate surface area is 103 Å². The fourth-order valence-electron chi connectivity index (χ4n) is 1.29. The Bertz CT molecular complexity index is 194. The second-order valence-electron chi connectivity index (χ2n) is 4.13. The SMILES string of the molecule is CC[N+]1(C)CCOCC1.CSCCC(=O)O. The zero-order valence-electron chi connectivity index (χ0n) is 10.6. The molecule has 0 unspecified atom stereocenters. The minimum Gasteiger partial charge on any atom is -0.481 e. The number of nitrogens with zero attached hydrogens (tertiary/aromatic N) is 1. The summed E-state index contributed by atoms with van der Waals surface area (Å²) in [5.41, 5.74) is 0. The number of thioether (sulfide) groups is 1. The van der Waals surface area contributed by atoms with E-state index in [0.29, 0.717) is 0 Å². The Morgan fingerprint density at radius 2 is 2.00 bits per heavy atom. The number of likely N-dealkylation sites (N-methyl/N-ethyl adjacent to an activating group) is 1. The molecular formula is C11H24NO3S+. The van der Waals surface area contributed by atoms with Crippen molar-refractivity contribution in [2.24, 2.45) is 0 Å². The fraction of sp³-hybridized carbons (Fsp3) is 0.909. The maximum Gasteiger partial charge on any atom is 0.304 e. The van der Waals surface area contributed by atoms with Crippen LogP contribution in [0.15, 0.2) is 0 Å². The molecule has 0 aromatic rings. The van der Waals surface area contributed by atoms with Gasteiger partial charge in [0.1, 0.15) is 13.1 Å². The Morgan fingerprint density at radius 1 is 1.44 bits per heavy atom. The highest BCUT2D eigenvalue weighted by atomic mass is 32.2. The first-order valence-corrected chi connectivity index (χ1v) is 7.05. The maximum atomic E-state index is 9.74. The lowest BCUT2D eigenvalue weighted by Crippen LogP contribution is -2.51. The molecule has 0 atom stereocenters. The highest BCUT2D eigenvalue weighted by Crippen LogP contribution is 2.05. The predicted molar refractivity (Wildman–Crippen MR) is 67.9 cm³/mol. The van der Waals surface area contributed by atoms with Gasteiger partial charge >= 0.3 is 5.97 Å². The minimum absolute atomic E-state index is 0.279. The topological polar surface area (TPSA) is 46.5 Å². The highest BCUT2D eigenvalue weighted by molar-refractivity contribution is 7.98. The van der Waals surface area contributed by atoms with Crippen molar-refractivity contribution in [1.29, 1.82) is 0 Å². The number of morpholine rings is 1. The molecule has 5 heteroatoms. The summed E-state index contributed by atoms with van der Waals surface area (Å²) in [5.74, 6) is 0.00403. The quantitative estimate of drug-likeness (QED) is 0.764. The Hall–Kier alpha value is -0.260. The predicted octanol–water partition coefficient (Wildman–Crippen LogP) is 1.31. The number of hydrogen-bond donors (Lipinski definition) is 1. The molecule has 1 aliphatic heterocycles. The van der Waals surface area contributed by atoms with Gasteiger partial charge in [0.05, 0.1) is 33.2 Å². The first-order chi connectivity index (χ1) is 7.54. The Balaban J connectivity index is 0.000000293. The van der Waals surface area contributed by atoms with Crippen LogP contribution in [0.5, 0.6) is 0 Å². The van der Waals surface area contributed by atoms with Gasteiger partial charge in [0.2, 0.25) is 0 Å². The molecule has 0 saturated carbocycles. The van der Waals surface area contributed by atoms with Gasteiger partial charge in [0.25, 0.3) is 0 Å². The van der Waals surface area contributed by atoms with Crippen LogP contribution in [0.1, 0.15) is 13.3 Å². The molecular weight excluding hydrogens is 226 g/mol. The van der Waals surface area contributed by atoms with Gasteiger partial charge in [0.15, 0.2) is 0 Å². The summed E-state index contributed by atoms with van der Waals surface area (Å²) in [7, 11) is 2.29. The van der Waals surface area contributed by atoms with Crippen molar-refractivity contribution >= 4 is 17.7 Å². The van der Waals surface area contributed by atoms with E-state index < -0.39 is 5.97 Å². The summed E-state index contributed by atoms with van der Waals surface area (Å²) in [4.78, 5) is 9.74. The highest BCUT2D eigenvalue weighted by Gasteiger charge is 2.21. The molecule has 0 radical (unpaired) electrons. The number of rotatable bonds is 4. The van der Waals surface area contributed by atoms with E-state index in [1.165, 1.54) is 24.1 Å². The molecule has 1 aliphatic rings. The molecule has 1 rings (SSSR count). The molecule has 1 N–H and O–H groups in total. The van der Waals surface area contributed by atoms with Crippen molar-refractivity contribution in [3.63, 3.8) is 0 Å². The Morgan fingerprint density at radius 3 is 2.25 bits per heavy atom. The summed E-state index contributed by atoms with van der Waals surface area (Å²) in [6.07, 6.45) is 2.17. The van der Waals surface area contributed by atoms with Crippen LogP contribution in [0.3, 0.4) is 0 Å². The number of aliphatic carboxylic acids is 1. The smallest absolute Gasteiger partial charge is 0.304 e. The van der Waals surface area contributed by atoms with E-state index in [4.69, 9.17) is 9.84 Å². The average molecular weight is 250 g/mol. The van der Waals surface area contributed by atoms with Crippen LogP contribution in [-0.2, 0) is 9.53 Å². The zero-order chi connectivity index (χ0) is 12.4. The Kier molecular flexibility index (Phi) is 8.70. The molecule has 0 aromatic carbocycles. The number of carboxylic acids is 1. The summed E-state index contributed by atoms with van der Waals surface area (Å²) in [5, 5.41) is 8.03. The van der Waals surface area contributed by atoms with Gasteiger partial charge in [-0.05, 0) is 13.2 Å². The molecule has 0 amide bonds. The molecule has 16 heavy (non-hydrogen) atoms. The number of hydrogen-bond acceptors (Lipinski definition) is 3. The van der Waals surface area contributed by atoms with Crippen LogP contribution in [0, 0.1) is 0 Å². The van der Waals surface area contributed by atoms with Gasteiger partial charge in [0, 0.05) is 5.75 Å². The molecule has 1 saturated heterocycles. The standard InChI is InChI=1S/C7H16NO.C4H8O2S/c1-3-8(2)4-6-9-7-5-8;1-7-3-2-4(5)6/h3-7H2,1-2H3;2-3H2,1H3,(H,5,6)/q+1;. The van der Waals surface area contributed by atoms with E-state index >= 15 is 0 Å². The summed E-state index contributed by atoms with van der Waals surface area (Å²) in [6.45, 7) is 7.76. The zero-order valence-corrected chi connectivity index (χ0v) is 11.4. The molecule has 1 fully saturated rings. The van der Waals surface area contributed by atoms with Gasteiger partial charge in [-0.1, -0.05) is 0 Å². The van der Waals surface area contributed by atoms with Crippen molar-refractivity contribution in [1.82, 2.24) is 0 Å². The summed E-state index contributed by atoms with van der Waals surface area (Å²) in [6, 6.07) is 0. The molecule has 4 nitrogen and oxygen atoms in total. The van der Waals surface area contributed by atoms with E-state index in [0.717, 1.165) is 19.0 Å². The number of quaternary nitrogens is 1. The second kappa shape index (κ2) is 8.84. The number of ether oxygens (including phenoxy) is 1. The van der Waals surface area contributed by atoms with Crippen molar-refractivity contribution in [3.8, 4) is 0 Å². The number of carboxylic acid groups (broad SMARTS) is 1. The first-order valence-electron chi connectivity index (χ1n) is 5.66. The lowest BCUT2D eigenvalue weighted by molar-refractivity contribution is -0.915. The van der Waals surface area contributed by atoms with Crippen molar-refractivity contribution in [2.75, 3.05) is 51.9 Å². The van der Waals surface area contributed by atoms with Gasteiger partial charge < -0.3 is 14.3 Å². The van der Waals surface area contributed by atoms with Crippen LogP contribution in [0.25, 0.3) is 0 Å². The van der Waals surface area contributed by atoms with E-state index in [9.17, 15) is 4.79 Å². The van der Waals surface area contributed by atoms with Crippen LogP contribution in [0.2, 0.25) is 0 Å². The molecule has 1 heterocycles. The molecule has 96 valence electrons. The largest absolute Gasteiger partial charge is 0.481 e. The minimum atomic E-state index is -0.714. The fourth-order valence-corrected chi connectivity index (χ4v) is 1.67. The van der Waals surface area contributed by atoms with Crippen LogP contribution < -0.4 is 0 Å². The average Bonchev–Trinajstić information content (AvgIpc) is 2.28. The van der Waals surface area contributed by atoms with E-state index in [2.05, 4.69) is 14.0 Å². The molecule has 0 spiro atoms. The van der Waals surface area contributed by atoms with E-state index in [-0.39, 0.29) is 6.42 Å². The summed E-state index contributed by atoms with van der Waals surface area (Å²) < 4.78 is 6.45. The number of carbonyl (C=O) groups is 1. The third kappa shape index (κ3) is 7.96. The second-order valence-corrected chi connectivity index (χ2v) is 5.12. The third-order valence-corrected chi connectivity index (χ3v) is 3.45. The van der Waals surface area contributed by atoms with Gasteiger partial charge in [-0.25, -0.2) is 0 Å². The van der Waals surface area contributed by atoms with Crippen molar-refractivity contribution in [3.05, 3.63) is 0 Å². The molecule has 0 bridgehead atoms. The van der Waals surface area contributed by atoms with E-state index in [1.807, 2.05) is 6.26 Å². The van der Waals surface area contributed by atoms with E-state index in [1.54, 1.807) is 11.8 Å². The maximum absolute atomic E-state index is 9.74. The van der Waals surface area contributed by atoms with Crippen molar-refractivity contribution in [2.45, 2.75) is 13.3 Å². The van der Waals surface area contributed by atoms with Gasteiger partial charge in [-0.15, -0.1) is 0 Å². The molecule has 0 aromatic heterocycles. The summed E-state index contributed by atoms with van der Waals surface area (Å²) >= 11 is 1.55.